The van der Waals surface area contributed by atoms with Crippen molar-refractivity contribution < 1.29 is 26.4 Å². The van der Waals surface area contributed by atoms with Crippen molar-refractivity contribution in [2.45, 2.75) is 37.5 Å². The smallest absolute Gasteiger partial charge is 0.336 e. The number of hydrogen-bond donors (Lipinski definition) is 0. The normalized spacial score (nSPS) is 25.3. The molecule has 1 amide bonds. The number of rotatable bonds is 5. The molecule has 1 saturated heterocycles. The molecule has 0 aromatic heterocycles. The highest BCUT2D eigenvalue weighted by Crippen LogP contribution is 2.32. The Bertz CT molecular complexity index is 502. The second-order valence-electron chi connectivity index (χ2n) is 5.83. The first-order chi connectivity index (χ1) is 9.57. The third-order valence-corrected chi connectivity index (χ3v) is 5.60. The van der Waals surface area contributed by atoms with E-state index in [1.54, 1.807) is 4.90 Å². The number of likely N-dealkylation sites (N-methyl/N-ethyl adjacent to an activating group) is 1. The molecule has 0 N–H and O–H groups in total. The van der Waals surface area contributed by atoms with Crippen LogP contribution in [0.15, 0.2) is 0 Å². The molecule has 1 aliphatic carbocycles. The Kier molecular flexibility index (Phi) is 4.53. The van der Waals surface area contributed by atoms with Gasteiger partial charge in [-0.1, -0.05) is 0 Å². The summed E-state index contributed by atoms with van der Waals surface area (Å²) in [6.07, 6.45) is -2.24. The highest BCUT2D eigenvalue weighted by Gasteiger charge is 2.41. The first kappa shape index (κ1) is 16.5. The number of carbonyl (C=O) groups excluding carboxylic acids is 1. The molecule has 5 nitrogen and oxygen atoms in total. The van der Waals surface area contributed by atoms with Gasteiger partial charge in [-0.15, -0.1) is 0 Å². The van der Waals surface area contributed by atoms with Crippen LogP contribution in [0.5, 0.6) is 0 Å². The molecule has 2 rings (SSSR count). The number of halogens is 3. The van der Waals surface area contributed by atoms with Crippen LogP contribution >= 0.6 is 0 Å². The lowest BCUT2D eigenvalue weighted by Crippen LogP contribution is -2.47. The van der Waals surface area contributed by atoms with E-state index in [0.717, 1.165) is 19.9 Å². The maximum atomic E-state index is 12.3. The molecule has 0 aromatic rings. The second-order valence-corrected chi connectivity index (χ2v) is 8.05. The number of hydrogen-bond acceptors (Lipinski definition) is 4. The van der Waals surface area contributed by atoms with E-state index in [1.165, 1.54) is 0 Å². The standard InChI is InChI=1S/C12H19F3N2O3S/c1-16(8-12(13,14)15)11(18)6-17(9-2-3-9)10-4-5-21(19,20)7-10/h9-10H,2-8H2,1H3/t10-/m1/s1. The number of nitrogens with zero attached hydrogens (tertiary/aromatic N) is 2. The summed E-state index contributed by atoms with van der Waals surface area (Å²) in [5.41, 5.74) is 0. The van der Waals surface area contributed by atoms with Crippen molar-refractivity contribution in [3.05, 3.63) is 0 Å². The second kappa shape index (κ2) is 5.75. The van der Waals surface area contributed by atoms with Gasteiger partial charge in [0, 0.05) is 19.1 Å². The zero-order valence-corrected chi connectivity index (χ0v) is 12.6. The molecule has 1 aliphatic heterocycles. The Hall–Kier alpha value is -0.830. The van der Waals surface area contributed by atoms with Crippen LogP contribution in [0.4, 0.5) is 13.2 Å². The molecule has 21 heavy (non-hydrogen) atoms. The van der Waals surface area contributed by atoms with Crippen LogP contribution < -0.4 is 0 Å². The van der Waals surface area contributed by atoms with E-state index < -0.39 is 28.5 Å². The van der Waals surface area contributed by atoms with Crippen molar-refractivity contribution in [1.29, 1.82) is 0 Å². The van der Waals surface area contributed by atoms with Gasteiger partial charge < -0.3 is 4.90 Å². The first-order valence-electron chi connectivity index (χ1n) is 6.84. The summed E-state index contributed by atoms with van der Waals surface area (Å²) in [6, 6.07) is -0.114. The minimum Gasteiger partial charge on any atom is -0.336 e. The van der Waals surface area contributed by atoms with Gasteiger partial charge in [0.25, 0.3) is 0 Å². The lowest BCUT2D eigenvalue weighted by atomic mass is 10.2. The quantitative estimate of drug-likeness (QED) is 0.744. The van der Waals surface area contributed by atoms with Crippen LogP contribution in [0.3, 0.4) is 0 Å². The van der Waals surface area contributed by atoms with Gasteiger partial charge in [0.05, 0.1) is 18.1 Å². The van der Waals surface area contributed by atoms with E-state index in [2.05, 4.69) is 0 Å². The molecule has 9 heteroatoms. The molecule has 2 fully saturated rings. The number of alkyl halides is 3. The van der Waals surface area contributed by atoms with Gasteiger partial charge in [0.1, 0.15) is 6.54 Å². The molecule has 1 heterocycles. The third-order valence-electron chi connectivity index (χ3n) is 3.85. The molecular weight excluding hydrogens is 309 g/mol. The summed E-state index contributed by atoms with van der Waals surface area (Å²) < 4.78 is 59.9. The van der Waals surface area contributed by atoms with Crippen molar-refractivity contribution in [3.8, 4) is 0 Å². The monoisotopic (exact) mass is 328 g/mol. The third kappa shape index (κ3) is 4.84. The first-order valence-corrected chi connectivity index (χ1v) is 8.66. The van der Waals surface area contributed by atoms with Gasteiger partial charge >= 0.3 is 6.18 Å². The molecule has 0 bridgehead atoms. The molecule has 1 atom stereocenters. The van der Waals surface area contributed by atoms with E-state index in [9.17, 15) is 26.4 Å². The van der Waals surface area contributed by atoms with Crippen LogP contribution in [0, 0.1) is 0 Å². The van der Waals surface area contributed by atoms with Gasteiger partial charge in [0.2, 0.25) is 5.91 Å². The highest BCUT2D eigenvalue weighted by molar-refractivity contribution is 7.91. The Balaban J connectivity index is 1.96. The summed E-state index contributed by atoms with van der Waals surface area (Å²) in [5.74, 6) is -0.531. The molecule has 0 spiro atoms. The molecule has 0 radical (unpaired) electrons. The average molecular weight is 328 g/mol. The Morgan fingerprint density at radius 1 is 1.19 bits per heavy atom. The lowest BCUT2D eigenvalue weighted by Gasteiger charge is -2.29. The highest BCUT2D eigenvalue weighted by atomic mass is 32.2. The fourth-order valence-corrected chi connectivity index (χ4v) is 4.38. The predicted octanol–water partition coefficient (Wildman–Crippen LogP) is 0.659. The van der Waals surface area contributed by atoms with Gasteiger partial charge in [-0.05, 0) is 19.3 Å². The Morgan fingerprint density at radius 2 is 1.81 bits per heavy atom. The molecule has 122 valence electrons. The molecular formula is C12H19F3N2O3S. The summed E-state index contributed by atoms with van der Waals surface area (Å²) in [4.78, 5) is 14.3. The molecule has 2 aliphatic rings. The van der Waals surface area contributed by atoms with Gasteiger partial charge in [0.15, 0.2) is 9.84 Å². The lowest BCUT2D eigenvalue weighted by molar-refractivity contribution is -0.159. The van der Waals surface area contributed by atoms with Crippen molar-refractivity contribution in [2.75, 3.05) is 31.6 Å². The van der Waals surface area contributed by atoms with Crippen LogP contribution in [-0.2, 0) is 14.6 Å². The summed E-state index contributed by atoms with van der Waals surface area (Å²) >= 11 is 0. The van der Waals surface area contributed by atoms with Crippen LogP contribution in [0.1, 0.15) is 19.3 Å². The maximum Gasteiger partial charge on any atom is 0.406 e. The van der Waals surface area contributed by atoms with E-state index in [0.29, 0.717) is 11.3 Å². The van der Waals surface area contributed by atoms with E-state index >= 15 is 0 Å². The molecule has 1 saturated carbocycles. The fourth-order valence-electron chi connectivity index (χ4n) is 2.63. The van der Waals surface area contributed by atoms with Crippen molar-refractivity contribution in [1.82, 2.24) is 9.80 Å². The van der Waals surface area contributed by atoms with Crippen molar-refractivity contribution in [3.63, 3.8) is 0 Å². The van der Waals surface area contributed by atoms with Crippen LogP contribution in [0.25, 0.3) is 0 Å². The molecule has 0 unspecified atom stereocenters. The van der Waals surface area contributed by atoms with Crippen LogP contribution in [0.2, 0.25) is 0 Å². The van der Waals surface area contributed by atoms with Crippen LogP contribution in [-0.4, -0.2) is 74.0 Å². The zero-order valence-electron chi connectivity index (χ0n) is 11.8. The number of amides is 1. The minimum atomic E-state index is -4.43. The van der Waals surface area contributed by atoms with Crippen molar-refractivity contribution >= 4 is 15.7 Å². The minimum absolute atomic E-state index is 0.000233. The fraction of sp³-hybridized carbons (Fsp3) is 0.917. The number of carbonyl (C=O) groups is 1. The SMILES string of the molecule is CN(CC(F)(F)F)C(=O)CN(C1CC1)[C@@H]1CCS(=O)(=O)C1. The topological polar surface area (TPSA) is 57.7 Å². The van der Waals surface area contributed by atoms with Gasteiger partial charge in [-0.3, -0.25) is 9.69 Å². The predicted molar refractivity (Wildman–Crippen MR) is 70.5 cm³/mol. The molecule has 0 aromatic carbocycles. The Labute approximate surface area is 122 Å². The van der Waals surface area contributed by atoms with E-state index in [-0.39, 0.29) is 30.1 Å². The van der Waals surface area contributed by atoms with Gasteiger partial charge in [-0.2, -0.15) is 13.2 Å². The Morgan fingerprint density at radius 3 is 2.24 bits per heavy atom. The average Bonchev–Trinajstić information content (AvgIpc) is 3.08. The van der Waals surface area contributed by atoms with E-state index in [4.69, 9.17) is 0 Å². The maximum absolute atomic E-state index is 12.3. The van der Waals surface area contributed by atoms with E-state index in [1.807, 2.05) is 0 Å². The zero-order chi connectivity index (χ0) is 15.8. The summed E-state index contributed by atoms with van der Waals surface area (Å²) in [5, 5.41) is 0. The summed E-state index contributed by atoms with van der Waals surface area (Å²) in [6.45, 7) is -1.43. The van der Waals surface area contributed by atoms with Crippen molar-refractivity contribution in [2.24, 2.45) is 0 Å². The largest absolute Gasteiger partial charge is 0.406 e. The van der Waals surface area contributed by atoms with Gasteiger partial charge in [-0.25, -0.2) is 8.42 Å². The number of sulfone groups is 1. The summed E-state index contributed by atoms with van der Waals surface area (Å²) in [7, 11) is -1.96.